The Kier molecular flexibility index (Phi) is 21.6. The first kappa shape index (κ1) is 37.3. The molecule has 238 valence electrons. The molecule has 5 atom stereocenters. The Hall–Kier alpha value is -1.77. The molecule has 0 aromatic heterocycles. The average molecular weight is 583 g/mol. The largest absolute Gasteiger partial charge is 0.463 e. The highest BCUT2D eigenvalue weighted by molar-refractivity contribution is 5.86. The van der Waals surface area contributed by atoms with Crippen LogP contribution in [0.4, 0.5) is 0 Å². The van der Waals surface area contributed by atoms with Crippen LogP contribution in [0.5, 0.6) is 0 Å². The van der Waals surface area contributed by atoms with Crippen molar-refractivity contribution in [1.29, 1.82) is 0 Å². The molecule has 0 heterocycles. The van der Waals surface area contributed by atoms with Crippen molar-refractivity contribution in [3.63, 3.8) is 0 Å². The number of rotatable bonds is 25. The van der Waals surface area contributed by atoms with Gasteiger partial charge in [0, 0.05) is 25.2 Å². The number of ether oxygens (including phenoxy) is 2. The second-order valence-corrected chi connectivity index (χ2v) is 11.7. The van der Waals surface area contributed by atoms with Crippen LogP contribution in [0, 0.1) is 11.8 Å². The van der Waals surface area contributed by atoms with E-state index in [1.54, 1.807) is 12.2 Å². The predicted molar refractivity (Wildman–Crippen MR) is 160 cm³/mol. The zero-order valence-corrected chi connectivity index (χ0v) is 25.8. The van der Waals surface area contributed by atoms with Crippen molar-refractivity contribution in [2.24, 2.45) is 11.8 Å². The van der Waals surface area contributed by atoms with Gasteiger partial charge in [-0.15, -0.1) is 0 Å². The predicted octanol–water partition coefficient (Wildman–Crippen LogP) is 5.98. The molecule has 0 saturated heterocycles. The summed E-state index contributed by atoms with van der Waals surface area (Å²) in [4.78, 5) is 36.2. The molecule has 8 heteroatoms. The standard InChI is InChI=1S/C33H58O8/c1-3-5-7-8-9-10-15-19-32(38)40-24-27(35)25-41-33(39)20-16-12-11-14-18-28-29(31(37)23-30(28)36)22-21-26(34)17-13-6-4-2/h21-22,26-30,34-36H,3-20,23-25H2,1-2H3/b22-21+/t26-,27+,28+,29+,30-/m0/s1. The molecule has 0 aliphatic heterocycles. The van der Waals surface area contributed by atoms with Crippen molar-refractivity contribution in [2.75, 3.05) is 13.2 Å². The number of aliphatic hydroxyl groups excluding tert-OH is 3. The lowest BCUT2D eigenvalue weighted by Gasteiger charge is -2.19. The van der Waals surface area contributed by atoms with Crippen LogP contribution in [0.2, 0.25) is 0 Å². The van der Waals surface area contributed by atoms with Gasteiger partial charge in [0.2, 0.25) is 0 Å². The second-order valence-electron chi connectivity index (χ2n) is 11.7. The molecule has 1 aliphatic rings. The Labute approximate surface area is 248 Å². The number of Topliss-reactive ketones (excluding diaryl/α,β-unsaturated/α-hetero) is 1. The molecular weight excluding hydrogens is 524 g/mol. The van der Waals surface area contributed by atoms with Crippen LogP contribution in [-0.2, 0) is 23.9 Å². The van der Waals surface area contributed by atoms with Gasteiger partial charge in [-0.3, -0.25) is 14.4 Å². The SMILES string of the molecule is CCCCCCCCCC(=O)OC[C@@H](O)COC(=O)CCCCCC[C@H]1[C@@H](O)CC(=O)[C@@H]1/C=C/[C@@H](O)CCCCC. The highest BCUT2D eigenvalue weighted by Gasteiger charge is 2.39. The number of aliphatic hydroxyl groups is 3. The summed E-state index contributed by atoms with van der Waals surface area (Å²) in [6.07, 6.45) is 17.6. The van der Waals surface area contributed by atoms with Gasteiger partial charge in [-0.05, 0) is 31.6 Å². The maximum absolute atomic E-state index is 12.4. The molecule has 41 heavy (non-hydrogen) atoms. The number of esters is 2. The Balaban J connectivity index is 2.12. The van der Waals surface area contributed by atoms with Gasteiger partial charge in [0.05, 0.1) is 12.2 Å². The highest BCUT2D eigenvalue weighted by atomic mass is 16.6. The van der Waals surface area contributed by atoms with Gasteiger partial charge >= 0.3 is 11.9 Å². The molecule has 0 spiro atoms. The van der Waals surface area contributed by atoms with Gasteiger partial charge < -0.3 is 24.8 Å². The number of hydrogen-bond donors (Lipinski definition) is 3. The minimum Gasteiger partial charge on any atom is -0.463 e. The maximum atomic E-state index is 12.4. The summed E-state index contributed by atoms with van der Waals surface area (Å²) >= 11 is 0. The normalized spacial score (nSPS) is 20.4. The van der Waals surface area contributed by atoms with E-state index in [-0.39, 0.29) is 49.6 Å². The molecular formula is C33H58O8. The third-order valence-electron chi connectivity index (χ3n) is 7.91. The second kappa shape index (κ2) is 23.8. The van der Waals surface area contributed by atoms with Crippen LogP contribution < -0.4 is 0 Å². The summed E-state index contributed by atoms with van der Waals surface area (Å²) in [7, 11) is 0. The van der Waals surface area contributed by atoms with Gasteiger partial charge in [0.15, 0.2) is 0 Å². The van der Waals surface area contributed by atoms with Crippen molar-refractivity contribution in [2.45, 2.75) is 154 Å². The van der Waals surface area contributed by atoms with Crippen LogP contribution in [0.25, 0.3) is 0 Å². The van der Waals surface area contributed by atoms with Crippen LogP contribution in [0.1, 0.15) is 136 Å². The third kappa shape index (κ3) is 18.4. The molecule has 1 saturated carbocycles. The van der Waals surface area contributed by atoms with Gasteiger partial charge in [0.25, 0.3) is 0 Å². The summed E-state index contributed by atoms with van der Waals surface area (Å²) in [6.45, 7) is 3.93. The van der Waals surface area contributed by atoms with E-state index in [9.17, 15) is 29.7 Å². The summed E-state index contributed by atoms with van der Waals surface area (Å²) in [6, 6.07) is 0. The average Bonchev–Trinajstić information content (AvgIpc) is 3.22. The molecule has 3 N–H and O–H groups in total. The highest BCUT2D eigenvalue weighted by Crippen LogP contribution is 2.34. The maximum Gasteiger partial charge on any atom is 0.305 e. The van der Waals surface area contributed by atoms with Gasteiger partial charge in [-0.25, -0.2) is 0 Å². The van der Waals surface area contributed by atoms with Gasteiger partial charge in [-0.2, -0.15) is 0 Å². The summed E-state index contributed by atoms with van der Waals surface area (Å²) in [5.41, 5.74) is 0. The van der Waals surface area contributed by atoms with Crippen molar-refractivity contribution in [1.82, 2.24) is 0 Å². The minimum absolute atomic E-state index is 0.0346. The fourth-order valence-electron chi connectivity index (χ4n) is 5.34. The molecule has 0 aromatic rings. The Morgan fingerprint density at radius 1 is 0.805 bits per heavy atom. The van der Waals surface area contributed by atoms with E-state index in [0.717, 1.165) is 64.2 Å². The molecule has 0 unspecified atom stereocenters. The topological polar surface area (TPSA) is 130 Å². The van der Waals surface area contributed by atoms with Crippen LogP contribution >= 0.6 is 0 Å². The number of carbonyl (C=O) groups is 3. The molecule has 0 amide bonds. The molecule has 0 aromatic carbocycles. The van der Waals surface area contributed by atoms with Crippen LogP contribution in [0.3, 0.4) is 0 Å². The molecule has 0 radical (unpaired) electrons. The minimum atomic E-state index is -1.03. The number of unbranched alkanes of at least 4 members (excludes halogenated alkanes) is 11. The third-order valence-corrected chi connectivity index (χ3v) is 7.91. The van der Waals surface area contributed by atoms with Crippen molar-refractivity contribution >= 4 is 17.7 Å². The lowest BCUT2D eigenvalue weighted by Crippen LogP contribution is -2.25. The van der Waals surface area contributed by atoms with E-state index in [2.05, 4.69) is 13.8 Å². The van der Waals surface area contributed by atoms with E-state index in [0.29, 0.717) is 19.3 Å². The zero-order chi connectivity index (χ0) is 30.3. The summed E-state index contributed by atoms with van der Waals surface area (Å²) in [5, 5.41) is 30.5. The van der Waals surface area contributed by atoms with E-state index in [1.165, 1.54) is 25.7 Å². The number of ketones is 1. The summed E-state index contributed by atoms with van der Waals surface area (Å²) in [5.74, 6) is -1.16. The Bertz CT molecular complexity index is 737. The lowest BCUT2D eigenvalue weighted by atomic mass is 9.88. The smallest absolute Gasteiger partial charge is 0.305 e. The summed E-state index contributed by atoms with van der Waals surface area (Å²) < 4.78 is 10.2. The Morgan fingerprint density at radius 3 is 1.90 bits per heavy atom. The van der Waals surface area contributed by atoms with Crippen LogP contribution in [-0.4, -0.2) is 64.6 Å². The fraction of sp³-hybridized carbons (Fsp3) is 0.848. The number of hydrogen-bond acceptors (Lipinski definition) is 8. The van der Waals surface area contributed by atoms with E-state index >= 15 is 0 Å². The molecule has 0 bridgehead atoms. The first-order valence-electron chi connectivity index (χ1n) is 16.3. The van der Waals surface area contributed by atoms with E-state index < -0.39 is 24.3 Å². The number of allylic oxidation sites excluding steroid dienone is 1. The molecule has 1 aliphatic carbocycles. The lowest BCUT2D eigenvalue weighted by molar-refractivity contribution is -0.152. The van der Waals surface area contributed by atoms with E-state index in [1.807, 2.05) is 0 Å². The van der Waals surface area contributed by atoms with Gasteiger partial charge in [-0.1, -0.05) is 103 Å². The molecule has 8 nitrogen and oxygen atoms in total. The van der Waals surface area contributed by atoms with E-state index in [4.69, 9.17) is 9.47 Å². The molecule has 1 fully saturated rings. The first-order valence-corrected chi connectivity index (χ1v) is 16.3. The zero-order valence-electron chi connectivity index (χ0n) is 25.8. The number of carbonyl (C=O) groups excluding carboxylic acids is 3. The van der Waals surface area contributed by atoms with Crippen molar-refractivity contribution in [3.8, 4) is 0 Å². The van der Waals surface area contributed by atoms with Crippen molar-refractivity contribution in [3.05, 3.63) is 12.2 Å². The first-order chi connectivity index (χ1) is 19.8. The van der Waals surface area contributed by atoms with Crippen molar-refractivity contribution < 1.29 is 39.2 Å². The fourth-order valence-corrected chi connectivity index (χ4v) is 5.34. The quantitative estimate of drug-likeness (QED) is 0.0681. The Morgan fingerprint density at radius 2 is 1.32 bits per heavy atom. The molecule has 1 rings (SSSR count). The van der Waals surface area contributed by atoms with Crippen LogP contribution in [0.15, 0.2) is 12.2 Å². The monoisotopic (exact) mass is 582 g/mol. The van der Waals surface area contributed by atoms with Gasteiger partial charge in [0.1, 0.15) is 25.1 Å².